The fraction of sp³-hybridized carbons (Fsp3) is 0.188. The molecule has 1 N–H and O–H groups in total. The molecule has 0 aromatic heterocycles. The first-order valence-corrected chi connectivity index (χ1v) is 6.24. The number of carbonyl (C=O) groups is 1. The minimum atomic E-state index is -0.271. The Labute approximate surface area is 112 Å². The standard InChI is InChI=1S/C16H16FNO/c1-12(16(19)14-5-3-2-4-6-14)18-11-13-7-9-15(17)10-8-13/h2-10,12,18H,11H2,1H3. The van der Waals surface area contributed by atoms with Gasteiger partial charge in [-0.25, -0.2) is 4.39 Å². The summed E-state index contributed by atoms with van der Waals surface area (Å²) < 4.78 is 12.8. The average molecular weight is 257 g/mol. The molecule has 0 bridgehead atoms. The van der Waals surface area contributed by atoms with Gasteiger partial charge in [0.25, 0.3) is 0 Å². The van der Waals surface area contributed by atoms with Crippen LogP contribution < -0.4 is 5.32 Å². The summed E-state index contributed by atoms with van der Waals surface area (Å²) in [5, 5.41) is 3.14. The van der Waals surface area contributed by atoms with E-state index in [4.69, 9.17) is 0 Å². The highest BCUT2D eigenvalue weighted by Gasteiger charge is 2.13. The highest BCUT2D eigenvalue weighted by molar-refractivity contribution is 5.99. The van der Waals surface area contributed by atoms with Gasteiger partial charge in [0.15, 0.2) is 5.78 Å². The topological polar surface area (TPSA) is 29.1 Å². The van der Waals surface area contributed by atoms with Crippen molar-refractivity contribution in [1.29, 1.82) is 0 Å². The van der Waals surface area contributed by atoms with Gasteiger partial charge in [0.05, 0.1) is 6.04 Å². The summed E-state index contributed by atoms with van der Waals surface area (Å²) in [7, 11) is 0. The van der Waals surface area contributed by atoms with E-state index in [2.05, 4.69) is 5.32 Å². The van der Waals surface area contributed by atoms with E-state index in [0.717, 1.165) is 5.56 Å². The Morgan fingerprint density at radius 2 is 1.74 bits per heavy atom. The average Bonchev–Trinajstić information content (AvgIpc) is 2.46. The van der Waals surface area contributed by atoms with Gasteiger partial charge in [0.1, 0.15) is 5.82 Å². The Balaban J connectivity index is 1.92. The van der Waals surface area contributed by atoms with Gasteiger partial charge in [-0.15, -0.1) is 0 Å². The van der Waals surface area contributed by atoms with Crippen LogP contribution in [-0.4, -0.2) is 11.8 Å². The fourth-order valence-corrected chi connectivity index (χ4v) is 1.82. The molecule has 3 heteroatoms. The van der Waals surface area contributed by atoms with Crippen LogP contribution in [0, 0.1) is 5.82 Å². The number of halogens is 1. The SMILES string of the molecule is CC(NCc1ccc(F)cc1)C(=O)c1ccccc1. The number of carbonyl (C=O) groups excluding carboxylic acids is 1. The van der Waals surface area contributed by atoms with Crippen molar-refractivity contribution in [3.63, 3.8) is 0 Å². The Hall–Kier alpha value is -2.00. The van der Waals surface area contributed by atoms with Gasteiger partial charge < -0.3 is 5.32 Å². The Kier molecular flexibility index (Phi) is 4.42. The molecule has 0 saturated heterocycles. The summed E-state index contributed by atoms with van der Waals surface area (Å²) >= 11 is 0. The Morgan fingerprint density at radius 1 is 1.11 bits per heavy atom. The van der Waals surface area contributed by atoms with Gasteiger partial charge in [-0.1, -0.05) is 42.5 Å². The molecule has 2 aromatic carbocycles. The normalized spacial score (nSPS) is 12.1. The molecular weight excluding hydrogens is 241 g/mol. The number of nitrogens with one attached hydrogen (secondary N) is 1. The summed E-state index contributed by atoms with van der Waals surface area (Å²) in [6, 6.07) is 15.2. The molecular formula is C16H16FNO. The molecule has 2 aromatic rings. The van der Waals surface area contributed by atoms with Crippen LogP contribution in [0.15, 0.2) is 54.6 Å². The predicted molar refractivity (Wildman–Crippen MR) is 73.5 cm³/mol. The molecule has 98 valence electrons. The van der Waals surface area contributed by atoms with Crippen LogP contribution in [0.4, 0.5) is 4.39 Å². The lowest BCUT2D eigenvalue weighted by molar-refractivity contribution is 0.0950. The lowest BCUT2D eigenvalue weighted by Gasteiger charge is -2.12. The molecule has 0 fully saturated rings. The number of benzene rings is 2. The third-order valence-corrected chi connectivity index (χ3v) is 2.98. The van der Waals surface area contributed by atoms with Crippen LogP contribution in [0.3, 0.4) is 0 Å². The lowest BCUT2D eigenvalue weighted by Crippen LogP contribution is -2.33. The second kappa shape index (κ2) is 6.25. The maximum Gasteiger partial charge on any atom is 0.179 e. The summed E-state index contributed by atoms with van der Waals surface area (Å²) in [4.78, 5) is 12.1. The van der Waals surface area contributed by atoms with Crippen LogP contribution in [0.5, 0.6) is 0 Å². The van der Waals surface area contributed by atoms with Crippen LogP contribution in [0.1, 0.15) is 22.8 Å². The van der Waals surface area contributed by atoms with E-state index < -0.39 is 0 Å². The van der Waals surface area contributed by atoms with E-state index in [-0.39, 0.29) is 17.6 Å². The van der Waals surface area contributed by atoms with Gasteiger partial charge in [0, 0.05) is 12.1 Å². The number of Topliss-reactive ketones (excluding diaryl/α,β-unsaturated/α-hetero) is 1. The molecule has 0 saturated carbocycles. The van der Waals surface area contributed by atoms with Crippen molar-refractivity contribution in [2.24, 2.45) is 0 Å². The van der Waals surface area contributed by atoms with Gasteiger partial charge >= 0.3 is 0 Å². The van der Waals surface area contributed by atoms with E-state index in [1.165, 1.54) is 12.1 Å². The summed E-state index contributed by atoms with van der Waals surface area (Å²) in [6.45, 7) is 2.37. The van der Waals surface area contributed by atoms with E-state index in [1.807, 2.05) is 25.1 Å². The smallest absolute Gasteiger partial charge is 0.179 e. The summed E-state index contributed by atoms with van der Waals surface area (Å²) in [5.74, 6) is -0.195. The van der Waals surface area contributed by atoms with Gasteiger partial charge in [0.2, 0.25) is 0 Å². The van der Waals surface area contributed by atoms with Gasteiger partial charge in [-0.2, -0.15) is 0 Å². The first-order chi connectivity index (χ1) is 9.16. The van der Waals surface area contributed by atoms with Crippen molar-refractivity contribution in [1.82, 2.24) is 5.32 Å². The third kappa shape index (κ3) is 3.73. The number of hydrogen-bond acceptors (Lipinski definition) is 2. The van der Waals surface area contributed by atoms with Crippen LogP contribution in [0.25, 0.3) is 0 Å². The molecule has 0 aliphatic carbocycles. The number of ketones is 1. The molecule has 0 radical (unpaired) electrons. The van der Waals surface area contributed by atoms with Gasteiger partial charge in [-0.05, 0) is 24.6 Å². The molecule has 1 atom stereocenters. The quantitative estimate of drug-likeness (QED) is 0.833. The minimum absolute atomic E-state index is 0.0581. The number of rotatable bonds is 5. The predicted octanol–water partition coefficient (Wildman–Crippen LogP) is 3.19. The van der Waals surface area contributed by atoms with E-state index in [0.29, 0.717) is 12.1 Å². The molecule has 2 rings (SSSR count). The molecule has 1 unspecified atom stereocenters. The van der Waals surface area contributed by atoms with Crippen molar-refractivity contribution in [2.45, 2.75) is 19.5 Å². The van der Waals surface area contributed by atoms with Gasteiger partial charge in [-0.3, -0.25) is 4.79 Å². The molecule has 2 nitrogen and oxygen atoms in total. The Bertz CT molecular complexity index is 536. The van der Waals surface area contributed by atoms with E-state index >= 15 is 0 Å². The minimum Gasteiger partial charge on any atom is -0.303 e. The highest BCUT2D eigenvalue weighted by atomic mass is 19.1. The zero-order valence-corrected chi connectivity index (χ0v) is 10.8. The first kappa shape index (κ1) is 13.4. The monoisotopic (exact) mass is 257 g/mol. The number of hydrogen-bond donors (Lipinski definition) is 1. The second-order valence-corrected chi connectivity index (χ2v) is 4.46. The van der Waals surface area contributed by atoms with E-state index in [1.54, 1.807) is 24.3 Å². The fourth-order valence-electron chi connectivity index (χ4n) is 1.82. The second-order valence-electron chi connectivity index (χ2n) is 4.46. The highest BCUT2D eigenvalue weighted by Crippen LogP contribution is 2.06. The zero-order valence-electron chi connectivity index (χ0n) is 10.8. The zero-order chi connectivity index (χ0) is 13.7. The Morgan fingerprint density at radius 3 is 2.37 bits per heavy atom. The van der Waals surface area contributed by atoms with Crippen molar-refractivity contribution < 1.29 is 9.18 Å². The van der Waals surface area contributed by atoms with Crippen molar-refractivity contribution in [3.8, 4) is 0 Å². The van der Waals surface area contributed by atoms with Crippen LogP contribution >= 0.6 is 0 Å². The lowest BCUT2D eigenvalue weighted by atomic mass is 10.1. The first-order valence-electron chi connectivity index (χ1n) is 6.24. The van der Waals surface area contributed by atoms with Crippen molar-refractivity contribution in [3.05, 3.63) is 71.5 Å². The molecule has 0 aliphatic rings. The summed E-state index contributed by atoms with van der Waals surface area (Å²) in [5.41, 5.74) is 1.65. The largest absolute Gasteiger partial charge is 0.303 e. The van der Waals surface area contributed by atoms with Crippen molar-refractivity contribution >= 4 is 5.78 Å². The van der Waals surface area contributed by atoms with Crippen molar-refractivity contribution in [2.75, 3.05) is 0 Å². The molecule has 0 heterocycles. The molecule has 0 amide bonds. The van der Waals surface area contributed by atoms with Crippen LogP contribution in [0.2, 0.25) is 0 Å². The summed E-state index contributed by atoms with van der Waals surface area (Å²) in [6.07, 6.45) is 0. The molecule has 0 aliphatic heterocycles. The molecule has 0 spiro atoms. The maximum absolute atomic E-state index is 12.8. The third-order valence-electron chi connectivity index (χ3n) is 2.98. The molecule has 19 heavy (non-hydrogen) atoms. The van der Waals surface area contributed by atoms with E-state index in [9.17, 15) is 9.18 Å². The maximum atomic E-state index is 12.8. The van der Waals surface area contributed by atoms with Crippen LogP contribution in [-0.2, 0) is 6.54 Å².